The smallest absolute Gasteiger partial charge is 0.412 e. The number of rotatable bonds is 2. The van der Waals surface area contributed by atoms with Gasteiger partial charge in [-0.3, -0.25) is 5.32 Å². The molecule has 0 radical (unpaired) electrons. The van der Waals surface area contributed by atoms with Crippen LogP contribution in [0, 0.1) is 11.6 Å². The number of hydrogen-bond donors (Lipinski definition) is 2. The molecule has 1 saturated heterocycles. The molecule has 0 aromatic heterocycles. The Bertz CT molecular complexity index is 434. The summed E-state index contributed by atoms with van der Waals surface area (Å²) in [5.74, 6) is -1.52. The van der Waals surface area contributed by atoms with E-state index in [1.165, 1.54) is 0 Å². The third kappa shape index (κ3) is 3.40. The molecule has 0 unspecified atom stereocenters. The van der Waals surface area contributed by atoms with E-state index in [1.807, 2.05) is 0 Å². The second kappa shape index (κ2) is 5.77. The van der Waals surface area contributed by atoms with E-state index < -0.39 is 17.7 Å². The molecule has 1 aromatic rings. The SMILES string of the molecule is O=C(Nc1ccc(F)cc1F)O[C@H]1CCCNC1. The Labute approximate surface area is 103 Å². The minimum Gasteiger partial charge on any atom is -0.445 e. The van der Waals surface area contributed by atoms with Crippen LogP contribution >= 0.6 is 0 Å². The molecule has 1 atom stereocenters. The summed E-state index contributed by atoms with van der Waals surface area (Å²) < 4.78 is 31.0. The van der Waals surface area contributed by atoms with Gasteiger partial charge in [0.15, 0.2) is 0 Å². The topological polar surface area (TPSA) is 50.4 Å². The Morgan fingerprint density at radius 3 is 2.94 bits per heavy atom. The van der Waals surface area contributed by atoms with Crippen LogP contribution in [0.4, 0.5) is 19.3 Å². The lowest BCUT2D eigenvalue weighted by Gasteiger charge is -2.22. The maximum absolute atomic E-state index is 13.3. The van der Waals surface area contributed by atoms with Crippen molar-refractivity contribution >= 4 is 11.8 Å². The van der Waals surface area contributed by atoms with Crippen LogP contribution < -0.4 is 10.6 Å². The monoisotopic (exact) mass is 256 g/mol. The highest BCUT2D eigenvalue weighted by molar-refractivity contribution is 5.84. The van der Waals surface area contributed by atoms with E-state index in [4.69, 9.17) is 4.74 Å². The number of ether oxygens (including phenoxy) is 1. The number of nitrogens with one attached hydrogen (secondary N) is 2. The van der Waals surface area contributed by atoms with Crippen molar-refractivity contribution in [1.82, 2.24) is 5.32 Å². The maximum atomic E-state index is 13.3. The predicted molar refractivity (Wildman–Crippen MR) is 62.4 cm³/mol. The van der Waals surface area contributed by atoms with Crippen LogP contribution in [0.25, 0.3) is 0 Å². The van der Waals surface area contributed by atoms with Crippen LogP contribution in [-0.4, -0.2) is 25.3 Å². The van der Waals surface area contributed by atoms with Gasteiger partial charge in [0.2, 0.25) is 0 Å². The van der Waals surface area contributed by atoms with Gasteiger partial charge in [-0.05, 0) is 31.5 Å². The van der Waals surface area contributed by atoms with Crippen molar-refractivity contribution < 1.29 is 18.3 Å². The number of carbonyl (C=O) groups excluding carboxylic acids is 1. The standard InChI is InChI=1S/C12H14F2N2O2/c13-8-3-4-11(10(14)6-8)16-12(17)18-9-2-1-5-15-7-9/h3-4,6,9,15H,1-2,5,7H2,(H,16,17)/t9-/m0/s1. The van der Waals surface area contributed by atoms with Gasteiger partial charge in [0, 0.05) is 12.6 Å². The van der Waals surface area contributed by atoms with E-state index in [1.54, 1.807) is 0 Å². The summed E-state index contributed by atoms with van der Waals surface area (Å²) in [4.78, 5) is 11.5. The van der Waals surface area contributed by atoms with E-state index in [9.17, 15) is 13.6 Å². The first-order chi connectivity index (χ1) is 8.65. The number of halogens is 2. The van der Waals surface area contributed by atoms with E-state index in [0.29, 0.717) is 12.6 Å². The fourth-order valence-corrected chi connectivity index (χ4v) is 1.80. The molecule has 0 spiro atoms. The number of carbonyl (C=O) groups is 1. The van der Waals surface area contributed by atoms with Gasteiger partial charge in [-0.15, -0.1) is 0 Å². The Balaban J connectivity index is 1.90. The van der Waals surface area contributed by atoms with Gasteiger partial charge in [0.25, 0.3) is 0 Å². The van der Waals surface area contributed by atoms with Gasteiger partial charge in [0.1, 0.15) is 17.7 Å². The molecule has 98 valence electrons. The average molecular weight is 256 g/mol. The summed E-state index contributed by atoms with van der Waals surface area (Å²) in [7, 11) is 0. The van der Waals surface area contributed by atoms with E-state index in [2.05, 4.69) is 10.6 Å². The van der Waals surface area contributed by atoms with Gasteiger partial charge in [0.05, 0.1) is 5.69 Å². The first kappa shape index (κ1) is 12.8. The van der Waals surface area contributed by atoms with Crippen molar-refractivity contribution in [3.8, 4) is 0 Å². The van der Waals surface area contributed by atoms with Crippen molar-refractivity contribution in [3.63, 3.8) is 0 Å². The van der Waals surface area contributed by atoms with E-state index in [0.717, 1.165) is 31.5 Å². The lowest BCUT2D eigenvalue weighted by molar-refractivity contribution is 0.0940. The van der Waals surface area contributed by atoms with Crippen LogP contribution in [0.15, 0.2) is 18.2 Å². The van der Waals surface area contributed by atoms with Crippen LogP contribution in [0.3, 0.4) is 0 Å². The summed E-state index contributed by atoms with van der Waals surface area (Å²) in [5.41, 5.74) is -0.0924. The van der Waals surface area contributed by atoms with Crippen LogP contribution in [0.2, 0.25) is 0 Å². The highest BCUT2D eigenvalue weighted by Crippen LogP contribution is 2.16. The molecule has 1 aliphatic rings. The Morgan fingerprint density at radius 2 is 2.28 bits per heavy atom. The highest BCUT2D eigenvalue weighted by atomic mass is 19.1. The second-order valence-corrected chi connectivity index (χ2v) is 4.12. The Kier molecular flexibility index (Phi) is 4.09. The minimum absolute atomic E-state index is 0.0924. The van der Waals surface area contributed by atoms with Gasteiger partial charge >= 0.3 is 6.09 Å². The molecule has 1 aromatic carbocycles. The van der Waals surface area contributed by atoms with Crippen molar-refractivity contribution in [1.29, 1.82) is 0 Å². The molecule has 0 aliphatic carbocycles. The molecule has 1 amide bonds. The first-order valence-electron chi connectivity index (χ1n) is 5.78. The number of hydrogen-bond acceptors (Lipinski definition) is 3. The minimum atomic E-state index is -0.825. The van der Waals surface area contributed by atoms with Crippen LogP contribution in [0.5, 0.6) is 0 Å². The fourth-order valence-electron chi connectivity index (χ4n) is 1.80. The number of piperidine rings is 1. The molecule has 2 N–H and O–H groups in total. The van der Waals surface area contributed by atoms with Crippen molar-refractivity contribution in [2.24, 2.45) is 0 Å². The Hall–Kier alpha value is -1.69. The van der Waals surface area contributed by atoms with Crippen molar-refractivity contribution in [2.75, 3.05) is 18.4 Å². The molecular formula is C12H14F2N2O2. The second-order valence-electron chi connectivity index (χ2n) is 4.12. The molecule has 0 saturated carbocycles. The van der Waals surface area contributed by atoms with Crippen LogP contribution in [0.1, 0.15) is 12.8 Å². The number of benzene rings is 1. The van der Waals surface area contributed by atoms with Gasteiger partial charge in [-0.25, -0.2) is 13.6 Å². The van der Waals surface area contributed by atoms with Gasteiger partial charge < -0.3 is 10.1 Å². The maximum Gasteiger partial charge on any atom is 0.412 e. The van der Waals surface area contributed by atoms with E-state index in [-0.39, 0.29) is 11.8 Å². The normalized spacial score (nSPS) is 19.3. The fraction of sp³-hybridized carbons (Fsp3) is 0.417. The third-order valence-corrected chi connectivity index (χ3v) is 2.69. The summed E-state index contributed by atoms with van der Waals surface area (Å²) in [5, 5.41) is 5.35. The number of anilines is 1. The van der Waals surface area contributed by atoms with Gasteiger partial charge in [-0.2, -0.15) is 0 Å². The van der Waals surface area contributed by atoms with Gasteiger partial charge in [-0.1, -0.05) is 0 Å². The summed E-state index contributed by atoms with van der Waals surface area (Å²) in [6.45, 7) is 1.51. The molecule has 2 rings (SSSR count). The molecule has 18 heavy (non-hydrogen) atoms. The zero-order valence-electron chi connectivity index (χ0n) is 9.71. The van der Waals surface area contributed by atoms with E-state index >= 15 is 0 Å². The number of amides is 1. The molecule has 1 heterocycles. The van der Waals surface area contributed by atoms with Crippen LogP contribution in [-0.2, 0) is 4.74 Å². The lowest BCUT2D eigenvalue weighted by Crippen LogP contribution is -2.37. The predicted octanol–water partition coefficient (Wildman–Crippen LogP) is 2.27. The Morgan fingerprint density at radius 1 is 1.44 bits per heavy atom. The molecule has 1 fully saturated rings. The molecule has 4 nitrogen and oxygen atoms in total. The van der Waals surface area contributed by atoms with Crippen molar-refractivity contribution in [3.05, 3.63) is 29.8 Å². The first-order valence-corrected chi connectivity index (χ1v) is 5.78. The zero-order valence-corrected chi connectivity index (χ0v) is 9.71. The molecule has 6 heteroatoms. The molecule has 1 aliphatic heterocycles. The largest absolute Gasteiger partial charge is 0.445 e. The average Bonchev–Trinajstić information content (AvgIpc) is 2.34. The van der Waals surface area contributed by atoms with Crippen molar-refractivity contribution in [2.45, 2.75) is 18.9 Å². The quantitative estimate of drug-likeness (QED) is 0.853. The highest BCUT2D eigenvalue weighted by Gasteiger charge is 2.18. The molecular weight excluding hydrogens is 242 g/mol. The molecule has 0 bridgehead atoms. The summed E-state index contributed by atoms with van der Waals surface area (Å²) in [6.07, 6.45) is 0.784. The third-order valence-electron chi connectivity index (χ3n) is 2.69. The summed E-state index contributed by atoms with van der Waals surface area (Å²) in [6, 6.07) is 2.93. The lowest BCUT2D eigenvalue weighted by atomic mass is 10.1. The summed E-state index contributed by atoms with van der Waals surface area (Å²) >= 11 is 0. The zero-order chi connectivity index (χ0) is 13.0.